The smallest absolute Gasteiger partial charge is 0.278 e. The molecule has 2 bridgehead atoms. The van der Waals surface area contributed by atoms with E-state index in [0.717, 1.165) is 4.90 Å². The predicted octanol–water partition coefficient (Wildman–Crippen LogP) is 4.10. The second kappa shape index (κ2) is 8.79. The fourth-order valence-electron chi connectivity index (χ4n) is 4.91. The van der Waals surface area contributed by atoms with E-state index in [1.807, 2.05) is 0 Å². The second-order valence-electron chi connectivity index (χ2n) is 8.66. The van der Waals surface area contributed by atoms with Crippen molar-refractivity contribution in [2.45, 2.75) is 54.2 Å². The first-order valence-corrected chi connectivity index (χ1v) is 11.3. The molecular weight excluding hydrogens is 477 g/mol. The van der Waals surface area contributed by atoms with Crippen LogP contribution in [0.15, 0.2) is 47.9 Å². The summed E-state index contributed by atoms with van der Waals surface area (Å²) in [5.41, 5.74) is -3.85. The minimum atomic E-state index is -2.74. The Morgan fingerprint density at radius 3 is 2.39 bits per heavy atom. The van der Waals surface area contributed by atoms with Gasteiger partial charge in [-0.1, -0.05) is 11.6 Å². The third-order valence-corrected chi connectivity index (χ3v) is 7.15. The topological polar surface area (TPSA) is 75.2 Å². The minimum absolute atomic E-state index is 0.133. The van der Waals surface area contributed by atoms with Gasteiger partial charge in [-0.15, -0.1) is 12.6 Å². The quantitative estimate of drug-likeness (QED) is 0.464. The molecule has 1 N–H and O–H groups in total. The Morgan fingerprint density at radius 2 is 1.88 bits per heavy atom. The molecule has 0 saturated heterocycles. The fraction of sp³-hybridized carbons (Fsp3) is 0.455. The molecule has 2 aliphatic carbocycles. The molecule has 5 atom stereocenters. The van der Waals surface area contributed by atoms with Crippen LogP contribution in [-0.4, -0.2) is 39.4 Å². The van der Waals surface area contributed by atoms with Gasteiger partial charge in [-0.2, -0.15) is 0 Å². The van der Waals surface area contributed by atoms with Crippen molar-refractivity contribution in [2.24, 2.45) is 11.8 Å². The second-order valence-corrected chi connectivity index (χ2v) is 9.56. The summed E-state index contributed by atoms with van der Waals surface area (Å²) in [5, 5.41) is 2.84. The van der Waals surface area contributed by atoms with E-state index in [0.29, 0.717) is 11.3 Å². The van der Waals surface area contributed by atoms with E-state index in [1.54, 1.807) is 12.1 Å². The van der Waals surface area contributed by atoms with Gasteiger partial charge in [-0.25, -0.2) is 23.1 Å². The Kier molecular flexibility index (Phi) is 6.34. The molecular formula is C22H22ClF3N4O2S. The summed E-state index contributed by atoms with van der Waals surface area (Å²) in [6.45, 7) is 1.43. The van der Waals surface area contributed by atoms with Crippen LogP contribution in [0.25, 0.3) is 0 Å². The van der Waals surface area contributed by atoms with E-state index in [-0.39, 0.29) is 30.0 Å². The molecule has 1 aromatic heterocycles. The van der Waals surface area contributed by atoms with E-state index in [4.69, 9.17) is 11.6 Å². The maximum absolute atomic E-state index is 14.1. The lowest BCUT2D eigenvalue weighted by atomic mass is 9.87. The first-order chi connectivity index (χ1) is 15.5. The Balaban J connectivity index is 1.75. The number of halogens is 4. The van der Waals surface area contributed by atoms with Gasteiger partial charge < -0.3 is 5.32 Å². The molecule has 2 amide bonds. The lowest BCUT2D eigenvalue weighted by Crippen LogP contribution is -2.60. The molecule has 2 unspecified atom stereocenters. The molecule has 4 rings (SSSR count). The first kappa shape index (κ1) is 23.8. The number of hydrogen-bond donors (Lipinski definition) is 2. The summed E-state index contributed by atoms with van der Waals surface area (Å²) in [7, 11) is 0. The zero-order valence-corrected chi connectivity index (χ0v) is 19.2. The van der Waals surface area contributed by atoms with Gasteiger partial charge in [0.1, 0.15) is 6.33 Å². The number of amides is 2. The van der Waals surface area contributed by atoms with E-state index in [1.165, 1.54) is 37.8 Å². The number of aromatic nitrogens is 2. The molecule has 33 heavy (non-hydrogen) atoms. The molecule has 2 fully saturated rings. The summed E-state index contributed by atoms with van der Waals surface area (Å²) in [6, 6.07) is 5.69. The summed E-state index contributed by atoms with van der Waals surface area (Å²) >= 11 is 9.76. The molecule has 6 nitrogen and oxygen atoms in total. The number of rotatable bonds is 6. The summed E-state index contributed by atoms with van der Waals surface area (Å²) in [5.74, 6) is -5.74. The van der Waals surface area contributed by atoms with E-state index < -0.39 is 40.9 Å². The van der Waals surface area contributed by atoms with E-state index >= 15 is 0 Å². The Bertz CT molecular complexity index is 1040. The van der Waals surface area contributed by atoms with Gasteiger partial charge in [-0.3, -0.25) is 14.5 Å². The highest BCUT2D eigenvalue weighted by Gasteiger charge is 2.58. The summed E-state index contributed by atoms with van der Waals surface area (Å²) in [6.07, 6.45) is 4.10. The van der Waals surface area contributed by atoms with Crippen LogP contribution in [0.5, 0.6) is 0 Å². The van der Waals surface area contributed by atoms with E-state index in [9.17, 15) is 22.8 Å². The zero-order chi connectivity index (χ0) is 24.0. The van der Waals surface area contributed by atoms with Gasteiger partial charge in [0.25, 0.3) is 23.4 Å². The van der Waals surface area contributed by atoms with Crippen molar-refractivity contribution in [3.05, 3.63) is 48.5 Å². The van der Waals surface area contributed by atoms with Crippen LogP contribution in [-0.2, 0) is 15.1 Å². The lowest BCUT2D eigenvalue weighted by Gasteiger charge is -2.41. The normalized spacial score (nSPS) is 25.8. The number of carbonyl (C=O) groups is 2. The van der Waals surface area contributed by atoms with Crippen LogP contribution in [0, 0.1) is 11.8 Å². The molecule has 11 heteroatoms. The van der Waals surface area contributed by atoms with Crippen LogP contribution in [0.3, 0.4) is 0 Å². The Morgan fingerprint density at radius 1 is 1.24 bits per heavy atom. The SMILES string of the molecule is C[C@@](C(=O)N[C@H]1CC2CC1CC2(F)F)(c1cncnc1)N(C(=O)[C@H](F)Cl)c1ccc(S)cc1. The van der Waals surface area contributed by atoms with E-state index in [2.05, 4.69) is 27.9 Å². The standard InChI is InChI=1S/C22H22ClF3N4O2S/c1-21(14-9-27-11-28-10-14,20(32)29-17-7-13-6-12(17)8-22(13,25)26)30(19(31)18(23)24)15-2-4-16(33)5-3-15/h2-5,9-13,17-18,33H,6-8H2,1H3,(H,29,32)/t12?,13?,17-,18-,21-/m0/s1. The van der Waals surface area contributed by atoms with Crippen molar-refractivity contribution in [3.63, 3.8) is 0 Å². The molecule has 0 spiro atoms. The maximum atomic E-state index is 14.1. The first-order valence-electron chi connectivity index (χ1n) is 10.4. The molecule has 1 heterocycles. The average Bonchev–Trinajstić information content (AvgIpc) is 3.31. The van der Waals surface area contributed by atoms with Gasteiger partial charge in [-0.05, 0) is 49.9 Å². The maximum Gasteiger partial charge on any atom is 0.278 e. The molecule has 2 saturated carbocycles. The van der Waals surface area contributed by atoms with Gasteiger partial charge in [0.15, 0.2) is 5.54 Å². The minimum Gasteiger partial charge on any atom is -0.351 e. The monoisotopic (exact) mass is 498 g/mol. The van der Waals surface area contributed by atoms with Crippen LogP contribution < -0.4 is 10.2 Å². The van der Waals surface area contributed by atoms with Crippen LogP contribution in [0.4, 0.5) is 18.9 Å². The number of alkyl halides is 4. The van der Waals surface area contributed by atoms with Crippen molar-refractivity contribution >= 4 is 41.7 Å². The Hall–Kier alpha value is -2.33. The number of benzene rings is 1. The third kappa shape index (κ3) is 4.30. The highest BCUT2D eigenvalue weighted by molar-refractivity contribution is 7.80. The number of fused-ring (bicyclic) bond motifs is 2. The van der Waals surface area contributed by atoms with Crippen molar-refractivity contribution in [2.75, 3.05) is 4.90 Å². The molecule has 176 valence electrons. The van der Waals surface area contributed by atoms with Crippen molar-refractivity contribution in [3.8, 4) is 0 Å². The van der Waals surface area contributed by atoms with Gasteiger partial charge in [0.05, 0.1) is 0 Å². The summed E-state index contributed by atoms with van der Waals surface area (Å²) < 4.78 is 42.1. The summed E-state index contributed by atoms with van der Waals surface area (Å²) in [4.78, 5) is 36.2. The van der Waals surface area contributed by atoms with Crippen LogP contribution in [0.1, 0.15) is 31.7 Å². The zero-order valence-electron chi connectivity index (χ0n) is 17.6. The number of nitrogens with one attached hydrogen (secondary N) is 1. The van der Waals surface area contributed by atoms with Gasteiger partial charge in [0.2, 0.25) is 0 Å². The lowest BCUT2D eigenvalue weighted by molar-refractivity contribution is -0.132. The van der Waals surface area contributed by atoms with Crippen LogP contribution in [0.2, 0.25) is 0 Å². The number of anilines is 1. The number of hydrogen-bond acceptors (Lipinski definition) is 5. The number of nitrogens with zero attached hydrogens (tertiary/aromatic N) is 3. The third-order valence-electron chi connectivity index (χ3n) is 6.67. The Labute approximate surface area is 199 Å². The van der Waals surface area contributed by atoms with Crippen LogP contribution >= 0.6 is 24.2 Å². The van der Waals surface area contributed by atoms with Crippen molar-refractivity contribution in [1.29, 1.82) is 0 Å². The highest BCUT2D eigenvalue weighted by atomic mass is 35.5. The van der Waals surface area contributed by atoms with Gasteiger partial charge >= 0.3 is 0 Å². The number of carbonyl (C=O) groups excluding carboxylic acids is 2. The molecule has 0 aliphatic heterocycles. The highest BCUT2D eigenvalue weighted by Crippen LogP contribution is 2.53. The number of thiol groups is 1. The van der Waals surface area contributed by atoms with Crippen molar-refractivity contribution < 1.29 is 22.8 Å². The largest absolute Gasteiger partial charge is 0.351 e. The predicted molar refractivity (Wildman–Crippen MR) is 119 cm³/mol. The fourth-order valence-corrected chi connectivity index (χ4v) is 5.16. The molecule has 0 radical (unpaired) electrons. The molecule has 2 aromatic rings. The average molecular weight is 499 g/mol. The van der Waals surface area contributed by atoms with Gasteiger partial charge in [0, 0.05) is 46.9 Å². The molecule has 1 aromatic carbocycles. The van der Waals surface area contributed by atoms with Crippen molar-refractivity contribution in [1.82, 2.24) is 15.3 Å². The molecule has 2 aliphatic rings.